The third-order valence-electron chi connectivity index (χ3n) is 2.61. The first-order valence-electron chi connectivity index (χ1n) is 5.85. The fraction of sp³-hybridized carbons (Fsp3) is 0.273. The highest BCUT2D eigenvalue weighted by molar-refractivity contribution is 7.87. The fourth-order valence-electron chi connectivity index (χ4n) is 1.48. The van der Waals surface area contributed by atoms with Crippen molar-refractivity contribution in [2.24, 2.45) is 0 Å². The predicted octanol–water partition coefficient (Wildman–Crippen LogP) is 0.985. The quantitative estimate of drug-likeness (QED) is 0.797. The molecule has 0 atom stereocenters. The number of hydrogen-bond acceptors (Lipinski definition) is 6. The lowest BCUT2D eigenvalue weighted by Gasteiger charge is -2.17. The molecular formula is C11H14N4O4S2. The van der Waals surface area contributed by atoms with Gasteiger partial charge in [-0.3, -0.25) is 4.40 Å². The zero-order valence-electron chi connectivity index (χ0n) is 11.2. The van der Waals surface area contributed by atoms with Gasteiger partial charge in [-0.1, -0.05) is 12.7 Å². The average molecular weight is 330 g/mol. The van der Waals surface area contributed by atoms with Crippen LogP contribution in [0.25, 0.3) is 4.83 Å². The number of thiazole rings is 1. The van der Waals surface area contributed by atoms with Crippen molar-refractivity contribution in [3.05, 3.63) is 36.3 Å². The van der Waals surface area contributed by atoms with Crippen molar-refractivity contribution >= 4 is 32.5 Å². The van der Waals surface area contributed by atoms with Crippen molar-refractivity contribution in [1.29, 1.82) is 0 Å². The van der Waals surface area contributed by atoms with Crippen molar-refractivity contribution in [2.75, 3.05) is 13.7 Å². The Balaban J connectivity index is 2.02. The summed E-state index contributed by atoms with van der Waals surface area (Å²) in [5.41, 5.74) is 0.726. The normalized spacial score (nSPS) is 11.5. The minimum Gasteiger partial charge on any atom is -0.444 e. The molecule has 2 rings (SSSR count). The SMILES string of the molecule is C=CCOC(=O)N(C)S(=O)(=O)NCc1csc2cncn12. The maximum absolute atomic E-state index is 12.0. The van der Waals surface area contributed by atoms with Crippen LogP contribution >= 0.6 is 11.3 Å². The van der Waals surface area contributed by atoms with Gasteiger partial charge in [-0.15, -0.1) is 11.3 Å². The van der Waals surface area contributed by atoms with Crippen molar-refractivity contribution in [2.45, 2.75) is 6.54 Å². The Labute approximate surface area is 125 Å². The number of hydrogen-bond donors (Lipinski definition) is 1. The van der Waals surface area contributed by atoms with E-state index in [1.54, 1.807) is 16.9 Å². The Hall–Kier alpha value is -1.91. The molecule has 2 aromatic heterocycles. The van der Waals surface area contributed by atoms with Crippen LogP contribution in [0, 0.1) is 0 Å². The molecule has 0 saturated heterocycles. The molecule has 0 aliphatic heterocycles. The number of aromatic nitrogens is 2. The molecule has 1 amide bonds. The van der Waals surface area contributed by atoms with Gasteiger partial charge in [-0.2, -0.15) is 17.4 Å². The van der Waals surface area contributed by atoms with Crippen LogP contribution in [0.3, 0.4) is 0 Å². The molecule has 0 radical (unpaired) electrons. The number of carbonyl (C=O) groups excluding carboxylic acids is 1. The molecule has 21 heavy (non-hydrogen) atoms. The second-order valence-electron chi connectivity index (χ2n) is 3.99. The van der Waals surface area contributed by atoms with Crippen LogP contribution in [0.1, 0.15) is 5.69 Å². The number of amides is 1. The van der Waals surface area contributed by atoms with E-state index in [0.717, 1.165) is 17.6 Å². The topological polar surface area (TPSA) is 93.0 Å². The van der Waals surface area contributed by atoms with Gasteiger partial charge in [0.05, 0.1) is 12.7 Å². The molecular weight excluding hydrogens is 316 g/mol. The third kappa shape index (κ3) is 3.40. The number of imidazole rings is 1. The van der Waals surface area contributed by atoms with Gasteiger partial charge in [0.25, 0.3) is 0 Å². The van der Waals surface area contributed by atoms with E-state index in [0.29, 0.717) is 4.31 Å². The van der Waals surface area contributed by atoms with E-state index in [-0.39, 0.29) is 13.2 Å². The fourth-order valence-corrected chi connectivity index (χ4v) is 3.11. The van der Waals surface area contributed by atoms with Gasteiger partial charge in [-0.05, 0) is 0 Å². The van der Waals surface area contributed by atoms with Crippen molar-refractivity contribution < 1.29 is 17.9 Å². The van der Waals surface area contributed by atoms with Gasteiger partial charge in [-0.25, -0.2) is 9.78 Å². The summed E-state index contributed by atoms with van der Waals surface area (Å²) in [5.74, 6) is 0. The van der Waals surface area contributed by atoms with E-state index in [1.165, 1.54) is 17.4 Å². The monoisotopic (exact) mass is 330 g/mol. The lowest BCUT2D eigenvalue weighted by molar-refractivity contribution is 0.142. The lowest BCUT2D eigenvalue weighted by atomic mass is 10.5. The van der Waals surface area contributed by atoms with E-state index in [4.69, 9.17) is 0 Å². The molecule has 0 spiro atoms. The number of carbonyl (C=O) groups is 1. The van der Waals surface area contributed by atoms with E-state index in [1.807, 2.05) is 5.38 Å². The van der Waals surface area contributed by atoms with Gasteiger partial charge in [0, 0.05) is 18.1 Å². The molecule has 114 valence electrons. The number of nitrogens with zero attached hydrogens (tertiary/aromatic N) is 3. The minimum absolute atomic E-state index is 0.0395. The summed E-state index contributed by atoms with van der Waals surface area (Å²) >= 11 is 1.45. The van der Waals surface area contributed by atoms with Crippen molar-refractivity contribution in [1.82, 2.24) is 18.4 Å². The molecule has 1 N–H and O–H groups in total. The van der Waals surface area contributed by atoms with Crippen LogP contribution in [0.15, 0.2) is 30.6 Å². The summed E-state index contributed by atoms with van der Waals surface area (Å²) < 4.78 is 33.2. The molecule has 8 nitrogen and oxygen atoms in total. The van der Waals surface area contributed by atoms with Gasteiger partial charge in [0.1, 0.15) is 17.8 Å². The molecule has 2 aromatic rings. The summed E-state index contributed by atoms with van der Waals surface area (Å²) in [6, 6.07) is 0. The summed E-state index contributed by atoms with van der Waals surface area (Å²) in [6.07, 6.45) is 3.66. The van der Waals surface area contributed by atoms with Crippen LogP contribution in [-0.4, -0.2) is 41.9 Å². The first-order chi connectivity index (χ1) is 9.95. The van der Waals surface area contributed by atoms with E-state index < -0.39 is 16.3 Å². The molecule has 0 aromatic carbocycles. The molecule has 10 heteroatoms. The third-order valence-corrected chi connectivity index (χ3v) is 4.92. The molecule has 0 fully saturated rings. The van der Waals surface area contributed by atoms with Crippen LogP contribution < -0.4 is 4.72 Å². The van der Waals surface area contributed by atoms with Gasteiger partial charge in [0.2, 0.25) is 0 Å². The summed E-state index contributed by atoms with van der Waals surface area (Å²) in [5, 5.41) is 1.82. The Morgan fingerprint density at radius 2 is 2.43 bits per heavy atom. The zero-order chi connectivity index (χ0) is 15.5. The second-order valence-corrected chi connectivity index (χ2v) is 6.66. The number of ether oxygens (including phenoxy) is 1. The number of fused-ring (bicyclic) bond motifs is 1. The van der Waals surface area contributed by atoms with Crippen molar-refractivity contribution in [3.8, 4) is 0 Å². The van der Waals surface area contributed by atoms with Crippen LogP contribution in [0.2, 0.25) is 0 Å². The molecule has 0 aliphatic rings. The van der Waals surface area contributed by atoms with E-state index in [9.17, 15) is 13.2 Å². The summed E-state index contributed by atoms with van der Waals surface area (Å²) in [6.45, 7) is 3.36. The number of rotatable bonds is 6. The standard InChI is InChI=1S/C11H14N4O4S2/c1-3-4-19-11(16)14(2)21(17,18)13-5-9-7-20-10-6-12-8-15(9)10/h3,6-8,13H,1,4-5H2,2H3. The molecule has 0 aliphatic carbocycles. The summed E-state index contributed by atoms with van der Waals surface area (Å²) in [7, 11) is -2.85. The second kappa shape index (κ2) is 6.24. The van der Waals surface area contributed by atoms with E-state index >= 15 is 0 Å². The predicted molar refractivity (Wildman–Crippen MR) is 78.1 cm³/mol. The maximum atomic E-state index is 12.0. The first-order valence-corrected chi connectivity index (χ1v) is 8.17. The highest BCUT2D eigenvalue weighted by Crippen LogP contribution is 2.15. The van der Waals surface area contributed by atoms with Crippen LogP contribution in [0.5, 0.6) is 0 Å². The smallest absolute Gasteiger partial charge is 0.424 e. The van der Waals surface area contributed by atoms with Gasteiger partial charge < -0.3 is 4.74 Å². The zero-order valence-corrected chi connectivity index (χ0v) is 12.9. The minimum atomic E-state index is -3.97. The Morgan fingerprint density at radius 3 is 3.14 bits per heavy atom. The Bertz CT molecular complexity index is 749. The Kier molecular flexibility index (Phi) is 4.60. The molecule has 0 bridgehead atoms. The van der Waals surface area contributed by atoms with Crippen molar-refractivity contribution in [3.63, 3.8) is 0 Å². The molecule has 0 unspecified atom stereocenters. The van der Waals surface area contributed by atoms with Crippen LogP contribution in [0.4, 0.5) is 4.79 Å². The highest BCUT2D eigenvalue weighted by Gasteiger charge is 2.24. The largest absolute Gasteiger partial charge is 0.444 e. The first kappa shape index (κ1) is 15.5. The molecule has 2 heterocycles. The Morgan fingerprint density at radius 1 is 1.67 bits per heavy atom. The van der Waals surface area contributed by atoms with Crippen LogP contribution in [-0.2, 0) is 21.5 Å². The van der Waals surface area contributed by atoms with E-state index in [2.05, 4.69) is 21.0 Å². The van der Waals surface area contributed by atoms with Gasteiger partial charge in [0.15, 0.2) is 0 Å². The molecule has 0 saturated carbocycles. The average Bonchev–Trinajstić information content (AvgIpc) is 3.05. The maximum Gasteiger partial charge on any atom is 0.424 e. The number of nitrogens with one attached hydrogen (secondary N) is 1. The summed E-state index contributed by atoms with van der Waals surface area (Å²) in [4.78, 5) is 16.4. The lowest BCUT2D eigenvalue weighted by Crippen LogP contribution is -2.41. The highest BCUT2D eigenvalue weighted by atomic mass is 32.2. The van der Waals surface area contributed by atoms with Gasteiger partial charge >= 0.3 is 16.3 Å².